The highest BCUT2D eigenvalue weighted by Crippen LogP contribution is 2.16. The highest BCUT2D eigenvalue weighted by Gasteiger charge is 2.11. The molecular weight excluding hydrogens is 496 g/mol. The minimum Gasteiger partial charge on any atom is -0.390 e. The van der Waals surface area contributed by atoms with E-state index in [2.05, 4.69) is 147 Å². The molecule has 0 aliphatic heterocycles. The van der Waals surface area contributed by atoms with Gasteiger partial charge in [0, 0.05) is 0 Å². The van der Waals surface area contributed by atoms with Gasteiger partial charge in [-0.25, -0.2) is 0 Å². The summed E-state index contributed by atoms with van der Waals surface area (Å²) in [5, 5.41) is 9.83. The lowest BCUT2D eigenvalue weighted by Gasteiger charge is -2.16. The molecule has 0 bridgehead atoms. The lowest BCUT2D eigenvalue weighted by atomic mass is 9.99. The van der Waals surface area contributed by atoms with E-state index in [0.717, 1.165) is 44.9 Å². The second-order valence-corrected chi connectivity index (χ2v) is 12.3. The number of aliphatic hydroxyl groups is 1. The summed E-state index contributed by atoms with van der Waals surface area (Å²) in [6.07, 6.45) is 39.8. The molecule has 0 fully saturated rings. The topological polar surface area (TPSA) is 20.2 Å². The van der Waals surface area contributed by atoms with Gasteiger partial charge >= 0.3 is 0 Å². The molecule has 1 heteroatoms. The predicted molar refractivity (Wildman–Crippen MR) is 187 cm³/mol. The van der Waals surface area contributed by atoms with Crippen molar-refractivity contribution in [3.63, 3.8) is 0 Å². The van der Waals surface area contributed by atoms with Crippen molar-refractivity contribution in [2.24, 2.45) is 0 Å². The largest absolute Gasteiger partial charge is 0.390 e. The fourth-order valence-electron chi connectivity index (χ4n) is 3.86. The summed E-state index contributed by atoms with van der Waals surface area (Å²) in [7, 11) is 0. The van der Waals surface area contributed by atoms with Gasteiger partial charge < -0.3 is 5.11 Å². The van der Waals surface area contributed by atoms with E-state index in [1.165, 1.54) is 39.0 Å². The van der Waals surface area contributed by atoms with Gasteiger partial charge in [-0.1, -0.05) is 130 Å². The van der Waals surface area contributed by atoms with Crippen molar-refractivity contribution in [3.8, 4) is 0 Å². The normalized spacial score (nSPS) is 15.4. The first-order valence-corrected chi connectivity index (χ1v) is 15.3. The Morgan fingerprint density at radius 1 is 0.512 bits per heavy atom. The van der Waals surface area contributed by atoms with E-state index in [1.54, 1.807) is 0 Å². The van der Waals surface area contributed by atoms with Gasteiger partial charge in [-0.2, -0.15) is 0 Å². The average Bonchev–Trinajstić information content (AvgIpc) is 2.85. The van der Waals surface area contributed by atoms with Crippen LogP contribution in [0.4, 0.5) is 0 Å². The Bertz CT molecular complexity index is 1090. The van der Waals surface area contributed by atoms with Crippen molar-refractivity contribution in [1.29, 1.82) is 0 Å². The van der Waals surface area contributed by atoms with Crippen LogP contribution in [-0.4, -0.2) is 10.7 Å². The second kappa shape index (κ2) is 22.8. The zero-order valence-corrected chi connectivity index (χ0v) is 28.1. The molecule has 226 valence electrons. The second-order valence-electron chi connectivity index (χ2n) is 12.3. The molecule has 1 nitrogen and oxygen atoms in total. The zero-order valence-electron chi connectivity index (χ0n) is 28.1. The third-order valence-electron chi connectivity index (χ3n) is 6.51. The number of hydrogen-bond donors (Lipinski definition) is 1. The molecular formula is C40H60O. The number of rotatable bonds is 18. The molecule has 0 aliphatic rings. The smallest absolute Gasteiger partial charge is 0.0591 e. The molecule has 0 heterocycles. The Morgan fingerprint density at radius 2 is 0.927 bits per heavy atom. The maximum Gasteiger partial charge on any atom is 0.0591 e. The molecule has 0 aromatic heterocycles. The van der Waals surface area contributed by atoms with Crippen LogP contribution >= 0.6 is 0 Å². The molecule has 0 unspecified atom stereocenters. The van der Waals surface area contributed by atoms with Gasteiger partial charge in [0.05, 0.1) is 5.60 Å². The first kappa shape index (κ1) is 38.1. The lowest BCUT2D eigenvalue weighted by molar-refractivity contribution is 0.0689. The molecule has 0 atom stereocenters. The van der Waals surface area contributed by atoms with Crippen LogP contribution in [0.15, 0.2) is 130 Å². The Labute approximate surface area is 254 Å². The van der Waals surface area contributed by atoms with E-state index in [1.807, 2.05) is 13.8 Å². The monoisotopic (exact) mass is 556 g/mol. The van der Waals surface area contributed by atoms with Crippen LogP contribution in [0.5, 0.6) is 0 Å². The summed E-state index contributed by atoms with van der Waals surface area (Å²) in [6, 6.07) is 0. The first-order chi connectivity index (χ1) is 19.3. The van der Waals surface area contributed by atoms with Crippen LogP contribution in [-0.2, 0) is 0 Å². The summed E-state index contributed by atoms with van der Waals surface area (Å²) in [4.78, 5) is 0. The van der Waals surface area contributed by atoms with Crippen LogP contribution in [0.25, 0.3) is 0 Å². The quantitative estimate of drug-likeness (QED) is 0.131. The van der Waals surface area contributed by atoms with Crippen molar-refractivity contribution in [2.75, 3.05) is 0 Å². The molecule has 1 N–H and O–H groups in total. The molecule has 0 aromatic rings. The van der Waals surface area contributed by atoms with Crippen molar-refractivity contribution >= 4 is 0 Å². The lowest BCUT2D eigenvalue weighted by Crippen LogP contribution is -2.17. The fraction of sp³-hybridized carbons (Fsp3) is 0.450. The summed E-state index contributed by atoms with van der Waals surface area (Å²) in [6.45, 7) is 21.0. The molecule has 0 saturated carbocycles. The van der Waals surface area contributed by atoms with E-state index >= 15 is 0 Å². The molecule has 0 saturated heterocycles. The third-order valence-corrected chi connectivity index (χ3v) is 6.51. The summed E-state index contributed by atoms with van der Waals surface area (Å²) in [5.74, 6) is 0. The van der Waals surface area contributed by atoms with Crippen LogP contribution in [0.2, 0.25) is 0 Å². The summed E-state index contributed by atoms with van der Waals surface area (Å²) in [5.41, 5.74) is 8.72. The first-order valence-electron chi connectivity index (χ1n) is 15.3. The zero-order chi connectivity index (χ0) is 31.1. The van der Waals surface area contributed by atoms with E-state index < -0.39 is 5.60 Å². The van der Waals surface area contributed by atoms with Crippen molar-refractivity contribution in [2.45, 2.75) is 120 Å². The minimum atomic E-state index is -0.557. The van der Waals surface area contributed by atoms with Crippen LogP contribution in [0.1, 0.15) is 114 Å². The summed E-state index contributed by atoms with van der Waals surface area (Å²) < 4.78 is 0. The molecule has 0 radical (unpaired) electrons. The minimum absolute atomic E-state index is 0.557. The average molecular weight is 557 g/mol. The van der Waals surface area contributed by atoms with Gasteiger partial charge in [0.15, 0.2) is 0 Å². The van der Waals surface area contributed by atoms with Crippen molar-refractivity contribution < 1.29 is 5.11 Å². The standard InChI is InChI=1S/C40H60O/c1-33(2)19-13-22-36(5)25-16-28-37(6)26-14-23-34(3)20-11-12-21-35(4)24-15-27-38(7)29-17-30-39(8)31-18-32-40(9,10)41/h11-12,14-16,19-21,23-28,30,41H,13,17-18,22,29,31-32H2,1-10H3. The highest BCUT2D eigenvalue weighted by molar-refractivity contribution is 5.31. The van der Waals surface area contributed by atoms with E-state index in [9.17, 15) is 5.11 Å². The maximum absolute atomic E-state index is 9.83. The van der Waals surface area contributed by atoms with Gasteiger partial charge in [-0.05, 0) is 114 Å². The van der Waals surface area contributed by atoms with Gasteiger partial charge in [-0.3, -0.25) is 0 Å². The maximum atomic E-state index is 9.83. The SMILES string of the molecule is CC(C)=CCCC(C)=CC=CC(C)=CC=CC(C)=CC=CC=C(C)C=CC=C(C)CCC=C(C)CCCC(C)(C)O. The fourth-order valence-corrected chi connectivity index (χ4v) is 3.86. The third kappa shape index (κ3) is 27.1. The molecule has 41 heavy (non-hydrogen) atoms. The van der Waals surface area contributed by atoms with Gasteiger partial charge in [0.1, 0.15) is 0 Å². The number of allylic oxidation sites excluding steroid dienone is 22. The van der Waals surface area contributed by atoms with E-state index in [4.69, 9.17) is 0 Å². The Hall–Kier alpha value is -2.90. The Balaban J connectivity index is 4.58. The summed E-state index contributed by atoms with van der Waals surface area (Å²) >= 11 is 0. The Morgan fingerprint density at radius 3 is 1.37 bits per heavy atom. The van der Waals surface area contributed by atoms with E-state index in [-0.39, 0.29) is 0 Å². The van der Waals surface area contributed by atoms with E-state index in [0.29, 0.717) is 0 Å². The van der Waals surface area contributed by atoms with Gasteiger partial charge in [0.2, 0.25) is 0 Å². The molecule has 0 aliphatic carbocycles. The molecule has 0 aromatic carbocycles. The molecule has 0 rings (SSSR count). The van der Waals surface area contributed by atoms with Crippen molar-refractivity contribution in [3.05, 3.63) is 130 Å². The van der Waals surface area contributed by atoms with Crippen LogP contribution in [0, 0.1) is 0 Å². The van der Waals surface area contributed by atoms with Gasteiger partial charge in [-0.15, -0.1) is 0 Å². The predicted octanol–water partition coefficient (Wildman–Crippen LogP) is 12.4. The Kier molecular flexibility index (Phi) is 21.1. The van der Waals surface area contributed by atoms with Crippen molar-refractivity contribution in [1.82, 2.24) is 0 Å². The van der Waals surface area contributed by atoms with Crippen LogP contribution < -0.4 is 0 Å². The van der Waals surface area contributed by atoms with Crippen LogP contribution in [0.3, 0.4) is 0 Å². The molecule has 0 amide bonds. The highest BCUT2D eigenvalue weighted by atomic mass is 16.3. The molecule has 0 spiro atoms. The van der Waals surface area contributed by atoms with Gasteiger partial charge in [0.25, 0.3) is 0 Å². The number of hydrogen-bond acceptors (Lipinski definition) is 1.